The molecule has 0 radical (unpaired) electrons. The van der Waals surface area contributed by atoms with Gasteiger partial charge in [0, 0.05) is 52.6 Å². The number of aliphatic hydroxyl groups excluding tert-OH is 1. The summed E-state index contributed by atoms with van der Waals surface area (Å²) in [7, 11) is -0.804. The lowest BCUT2D eigenvalue weighted by atomic mass is 10.0. The second-order valence-corrected chi connectivity index (χ2v) is 16.3. The molecule has 0 saturated carbocycles. The third-order valence-corrected chi connectivity index (χ3v) is 12.1. The molecular formula is C36H38N4O6S2. The molecule has 250 valence electrons. The molecule has 1 N–H and O–H groups in total. The quantitative estimate of drug-likeness (QED) is 0.248. The van der Waals surface area contributed by atoms with Gasteiger partial charge < -0.3 is 5.11 Å². The molecule has 2 aromatic carbocycles. The van der Waals surface area contributed by atoms with Crippen LogP contribution in [0.15, 0.2) is 106 Å². The minimum absolute atomic E-state index is 0.0127. The second-order valence-electron chi connectivity index (χ2n) is 12.0. The summed E-state index contributed by atoms with van der Waals surface area (Å²) in [4.78, 5) is 20.7. The van der Waals surface area contributed by atoms with Crippen molar-refractivity contribution in [3.63, 3.8) is 0 Å². The summed E-state index contributed by atoms with van der Waals surface area (Å²) in [6.07, 6.45) is 6.88. The summed E-state index contributed by atoms with van der Waals surface area (Å²) in [5.74, 6) is 0. The molecule has 48 heavy (non-hydrogen) atoms. The van der Waals surface area contributed by atoms with Crippen LogP contribution in [0.25, 0.3) is 11.1 Å². The van der Waals surface area contributed by atoms with E-state index in [1.165, 1.54) is 36.8 Å². The van der Waals surface area contributed by atoms with Gasteiger partial charge in [-0.05, 0) is 94.6 Å². The molecule has 0 atom stereocenters. The number of carbonyl (C=O) groups is 1. The van der Waals surface area contributed by atoms with Crippen molar-refractivity contribution in [2.24, 2.45) is 0 Å². The van der Waals surface area contributed by atoms with Crippen LogP contribution in [0.4, 0.5) is 0 Å². The number of fused-ring (bicyclic) bond motifs is 2. The average Bonchev–Trinajstić information content (AvgIpc) is 3.62. The topological polar surface area (TPSA) is 138 Å². The number of carbonyl (C=O) groups excluding carboxylic acids is 1. The first-order valence-corrected chi connectivity index (χ1v) is 18.1. The number of hydrogen-bond donors (Lipinski definition) is 1. The SMILES string of the molecule is CN(C)S(=O)(=O)c1ccc(CC2=C(C=O)Cc3cccnc32)cc1.CN(C)S(=O)(=O)c1ccc(CC2=C(CO)Cc3cccnc32)cc1. The Morgan fingerprint density at radius 3 is 1.54 bits per heavy atom. The van der Waals surface area contributed by atoms with E-state index in [0.29, 0.717) is 19.3 Å². The van der Waals surface area contributed by atoms with Crippen LogP contribution >= 0.6 is 0 Å². The third-order valence-electron chi connectivity index (χ3n) is 8.45. The molecular weight excluding hydrogens is 649 g/mol. The fraction of sp³-hybridized carbons (Fsp3) is 0.250. The smallest absolute Gasteiger partial charge is 0.242 e. The van der Waals surface area contributed by atoms with Crippen LogP contribution in [0.3, 0.4) is 0 Å². The molecule has 0 saturated heterocycles. The van der Waals surface area contributed by atoms with E-state index in [0.717, 1.165) is 68.6 Å². The molecule has 4 aromatic rings. The second kappa shape index (κ2) is 14.4. The Balaban J connectivity index is 0.000000188. The maximum atomic E-state index is 12.1. The normalized spacial score (nSPS) is 14.2. The molecule has 12 heteroatoms. The van der Waals surface area contributed by atoms with Gasteiger partial charge in [-0.3, -0.25) is 14.8 Å². The average molecular weight is 687 g/mol. The van der Waals surface area contributed by atoms with Crippen molar-refractivity contribution in [1.82, 2.24) is 18.6 Å². The summed E-state index contributed by atoms with van der Waals surface area (Å²) in [6.45, 7) is 0.0127. The molecule has 2 heterocycles. The minimum atomic E-state index is -3.43. The molecule has 0 aliphatic heterocycles. The van der Waals surface area contributed by atoms with E-state index < -0.39 is 20.0 Å². The fourth-order valence-electron chi connectivity index (χ4n) is 5.73. The van der Waals surface area contributed by atoms with Gasteiger partial charge in [0.25, 0.3) is 0 Å². The molecule has 2 aromatic heterocycles. The number of aromatic nitrogens is 2. The predicted octanol–water partition coefficient (Wildman–Crippen LogP) is 3.96. The summed E-state index contributed by atoms with van der Waals surface area (Å²) in [5, 5.41) is 9.63. The zero-order chi connectivity index (χ0) is 34.6. The molecule has 0 fully saturated rings. The molecule has 0 spiro atoms. The van der Waals surface area contributed by atoms with Gasteiger partial charge >= 0.3 is 0 Å². The predicted molar refractivity (Wildman–Crippen MR) is 185 cm³/mol. The van der Waals surface area contributed by atoms with Crippen molar-refractivity contribution in [3.8, 4) is 0 Å². The lowest BCUT2D eigenvalue weighted by Gasteiger charge is -2.12. The Hall–Kier alpha value is -4.33. The Labute approximate surface area is 282 Å². The number of aliphatic hydroxyl groups is 1. The maximum absolute atomic E-state index is 12.1. The summed E-state index contributed by atoms with van der Waals surface area (Å²) >= 11 is 0. The largest absolute Gasteiger partial charge is 0.392 e. The molecule has 0 unspecified atom stereocenters. The van der Waals surface area contributed by atoms with Gasteiger partial charge in [-0.25, -0.2) is 25.4 Å². The summed E-state index contributed by atoms with van der Waals surface area (Å²) in [5.41, 5.74) is 9.61. The number of allylic oxidation sites excluding steroid dienone is 3. The van der Waals surface area contributed by atoms with Crippen molar-refractivity contribution in [1.29, 1.82) is 0 Å². The van der Waals surface area contributed by atoms with Gasteiger partial charge in [0.2, 0.25) is 20.0 Å². The highest BCUT2D eigenvalue weighted by atomic mass is 32.2. The summed E-state index contributed by atoms with van der Waals surface area (Å²) in [6, 6.07) is 21.4. The number of rotatable bonds is 10. The third kappa shape index (κ3) is 7.23. The molecule has 6 rings (SSSR count). The lowest BCUT2D eigenvalue weighted by Crippen LogP contribution is -2.22. The first-order valence-electron chi connectivity index (χ1n) is 15.3. The Kier molecular flexibility index (Phi) is 10.5. The molecule has 2 aliphatic rings. The lowest BCUT2D eigenvalue weighted by molar-refractivity contribution is -0.104. The van der Waals surface area contributed by atoms with E-state index in [9.17, 15) is 26.7 Å². The molecule has 10 nitrogen and oxygen atoms in total. The molecule has 0 amide bonds. The Morgan fingerprint density at radius 2 is 1.10 bits per heavy atom. The first-order chi connectivity index (χ1) is 22.9. The van der Waals surface area contributed by atoms with Crippen LogP contribution in [-0.2, 0) is 50.5 Å². The van der Waals surface area contributed by atoms with Crippen LogP contribution < -0.4 is 0 Å². The van der Waals surface area contributed by atoms with E-state index in [2.05, 4.69) is 9.97 Å². The highest BCUT2D eigenvalue weighted by molar-refractivity contribution is 7.89. The monoisotopic (exact) mass is 686 g/mol. The van der Waals surface area contributed by atoms with Crippen LogP contribution in [0.1, 0.15) is 33.6 Å². The van der Waals surface area contributed by atoms with Gasteiger partial charge in [0.15, 0.2) is 0 Å². The number of pyridine rings is 2. The first kappa shape index (κ1) is 35.0. The van der Waals surface area contributed by atoms with E-state index in [-0.39, 0.29) is 16.4 Å². The number of benzene rings is 2. The zero-order valence-corrected chi connectivity index (χ0v) is 28.9. The highest BCUT2D eigenvalue weighted by Crippen LogP contribution is 2.34. The van der Waals surface area contributed by atoms with Crippen LogP contribution in [-0.4, -0.2) is 81.6 Å². The molecule has 0 bridgehead atoms. The van der Waals surface area contributed by atoms with Gasteiger partial charge in [0.1, 0.15) is 6.29 Å². The van der Waals surface area contributed by atoms with Gasteiger partial charge in [-0.15, -0.1) is 0 Å². The van der Waals surface area contributed by atoms with Crippen molar-refractivity contribution in [2.45, 2.75) is 35.5 Å². The van der Waals surface area contributed by atoms with Crippen molar-refractivity contribution in [3.05, 3.63) is 130 Å². The van der Waals surface area contributed by atoms with E-state index in [1.807, 2.05) is 36.4 Å². The van der Waals surface area contributed by atoms with Gasteiger partial charge in [-0.2, -0.15) is 0 Å². The number of aldehydes is 1. The van der Waals surface area contributed by atoms with Crippen LogP contribution in [0.2, 0.25) is 0 Å². The number of sulfonamides is 2. The fourth-order valence-corrected chi connectivity index (χ4v) is 7.54. The minimum Gasteiger partial charge on any atom is -0.392 e. The van der Waals surface area contributed by atoms with E-state index in [4.69, 9.17) is 0 Å². The van der Waals surface area contributed by atoms with E-state index in [1.54, 1.807) is 48.8 Å². The highest BCUT2D eigenvalue weighted by Gasteiger charge is 2.24. The maximum Gasteiger partial charge on any atom is 0.242 e. The standard InChI is InChI=1S/C18H20N2O3S.C18H18N2O3S/c2*1-20(2)24(22,23)16-7-5-13(6-8-16)10-17-15(12-21)11-14-4-3-9-19-18(14)17/h3-9,21H,10-12H2,1-2H3;3-9,12H,10-11H2,1-2H3. The molecule has 2 aliphatic carbocycles. The van der Waals surface area contributed by atoms with Gasteiger partial charge in [0.05, 0.1) is 27.8 Å². The van der Waals surface area contributed by atoms with Crippen LogP contribution in [0, 0.1) is 0 Å². The Morgan fingerprint density at radius 1 is 0.667 bits per heavy atom. The van der Waals surface area contributed by atoms with Gasteiger partial charge in [-0.1, -0.05) is 36.4 Å². The Bertz CT molecular complexity index is 2100. The van der Waals surface area contributed by atoms with Crippen LogP contribution in [0.5, 0.6) is 0 Å². The van der Waals surface area contributed by atoms with E-state index >= 15 is 0 Å². The zero-order valence-electron chi connectivity index (χ0n) is 27.3. The van der Waals surface area contributed by atoms with Crippen molar-refractivity contribution >= 4 is 37.5 Å². The van der Waals surface area contributed by atoms with Crippen molar-refractivity contribution in [2.75, 3.05) is 34.8 Å². The summed E-state index contributed by atoms with van der Waals surface area (Å²) < 4.78 is 50.9. The number of hydrogen-bond acceptors (Lipinski definition) is 8. The van der Waals surface area contributed by atoms with Crippen molar-refractivity contribution < 1.29 is 26.7 Å². The number of nitrogens with zero attached hydrogens (tertiary/aromatic N) is 4.